The molecule has 0 aliphatic heterocycles. The fraction of sp³-hybridized carbons (Fsp3) is 0.385. The van der Waals surface area contributed by atoms with E-state index in [-0.39, 0.29) is 0 Å². The third-order valence-electron chi connectivity index (χ3n) is 2.55. The van der Waals surface area contributed by atoms with Gasteiger partial charge in [-0.15, -0.1) is 0 Å². The van der Waals surface area contributed by atoms with E-state index in [1.54, 1.807) is 12.1 Å². The first-order valence-electron chi connectivity index (χ1n) is 6.00. The van der Waals surface area contributed by atoms with Gasteiger partial charge in [-0.1, -0.05) is 31.0 Å². The number of halogens is 1. The first kappa shape index (κ1) is 15.3. The van der Waals surface area contributed by atoms with Gasteiger partial charge in [0.25, 0.3) is 0 Å². The van der Waals surface area contributed by atoms with Gasteiger partial charge in [0, 0.05) is 0 Å². The van der Waals surface area contributed by atoms with Crippen LogP contribution in [0.2, 0.25) is 5.02 Å². The van der Waals surface area contributed by atoms with Crippen LogP contribution in [0.1, 0.15) is 25.3 Å². The summed E-state index contributed by atoms with van der Waals surface area (Å²) in [4.78, 5) is 22.6. The van der Waals surface area contributed by atoms with E-state index in [0.717, 1.165) is 5.56 Å². The number of carboxylic acid groups (broad SMARTS) is 1. The number of rotatable bonds is 5. The molecule has 5 nitrogen and oxygen atoms in total. The Morgan fingerprint density at radius 1 is 1.42 bits per heavy atom. The Morgan fingerprint density at radius 3 is 2.63 bits per heavy atom. The molecule has 1 aromatic rings. The number of hydrogen-bond acceptors (Lipinski definition) is 2. The Morgan fingerprint density at radius 2 is 2.11 bits per heavy atom. The Hall–Kier alpha value is -1.75. The van der Waals surface area contributed by atoms with Crippen molar-refractivity contribution in [3.8, 4) is 0 Å². The van der Waals surface area contributed by atoms with Gasteiger partial charge in [0.15, 0.2) is 0 Å². The number of amides is 2. The first-order valence-corrected chi connectivity index (χ1v) is 6.38. The predicted octanol–water partition coefficient (Wildman–Crippen LogP) is 3.02. The van der Waals surface area contributed by atoms with Crippen molar-refractivity contribution in [2.45, 2.75) is 32.7 Å². The fourth-order valence-electron chi connectivity index (χ4n) is 1.58. The van der Waals surface area contributed by atoms with Gasteiger partial charge in [0.1, 0.15) is 6.04 Å². The van der Waals surface area contributed by atoms with Crippen LogP contribution in [0.5, 0.6) is 0 Å². The summed E-state index contributed by atoms with van der Waals surface area (Å²) in [5.74, 6) is -1.05. The lowest BCUT2D eigenvalue weighted by Gasteiger charge is -2.15. The van der Waals surface area contributed by atoms with Crippen LogP contribution in [-0.2, 0) is 4.79 Å². The third-order valence-corrected chi connectivity index (χ3v) is 2.87. The molecule has 3 N–H and O–H groups in total. The van der Waals surface area contributed by atoms with Crippen LogP contribution in [0, 0.1) is 6.92 Å². The van der Waals surface area contributed by atoms with Gasteiger partial charge in [-0.25, -0.2) is 9.59 Å². The Labute approximate surface area is 117 Å². The maximum absolute atomic E-state index is 11.7. The van der Waals surface area contributed by atoms with Crippen LogP contribution in [0.15, 0.2) is 18.2 Å². The molecule has 0 aromatic heterocycles. The Balaban J connectivity index is 2.66. The van der Waals surface area contributed by atoms with Gasteiger partial charge < -0.3 is 15.7 Å². The van der Waals surface area contributed by atoms with E-state index in [2.05, 4.69) is 10.6 Å². The molecule has 0 bridgehead atoms. The summed E-state index contributed by atoms with van der Waals surface area (Å²) in [6.07, 6.45) is 1.05. The lowest BCUT2D eigenvalue weighted by molar-refractivity contribution is -0.139. The van der Waals surface area contributed by atoms with Gasteiger partial charge in [-0.2, -0.15) is 0 Å². The number of carboxylic acids is 1. The number of aliphatic carboxylic acids is 1. The van der Waals surface area contributed by atoms with Gasteiger partial charge >= 0.3 is 12.0 Å². The van der Waals surface area contributed by atoms with Crippen molar-refractivity contribution >= 4 is 29.3 Å². The Kier molecular flexibility index (Phi) is 5.63. The number of hydrogen-bond donors (Lipinski definition) is 3. The number of aryl methyl sites for hydroxylation is 1. The minimum absolute atomic E-state index is 0.379. The average Bonchev–Trinajstić information content (AvgIpc) is 2.32. The molecule has 1 atom stereocenters. The van der Waals surface area contributed by atoms with E-state index in [0.29, 0.717) is 23.6 Å². The minimum atomic E-state index is -1.05. The molecular weight excluding hydrogens is 268 g/mol. The zero-order valence-electron chi connectivity index (χ0n) is 10.9. The molecule has 0 heterocycles. The molecule has 0 fully saturated rings. The van der Waals surface area contributed by atoms with Crippen LogP contribution >= 0.6 is 11.6 Å². The van der Waals surface area contributed by atoms with Crippen molar-refractivity contribution in [3.63, 3.8) is 0 Å². The average molecular weight is 285 g/mol. The first-order chi connectivity index (χ1) is 8.93. The molecule has 2 amide bonds. The van der Waals surface area contributed by atoms with E-state index >= 15 is 0 Å². The van der Waals surface area contributed by atoms with Gasteiger partial charge in [-0.05, 0) is 31.0 Å². The zero-order valence-corrected chi connectivity index (χ0v) is 11.6. The van der Waals surface area contributed by atoms with E-state index in [1.807, 2.05) is 19.9 Å². The number of carbonyl (C=O) groups is 2. The molecule has 1 aromatic carbocycles. The predicted molar refractivity (Wildman–Crippen MR) is 74.7 cm³/mol. The topological polar surface area (TPSA) is 78.4 Å². The monoisotopic (exact) mass is 284 g/mol. The minimum Gasteiger partial charge on any atom is -0.480 e. The van der Waals surface area contributed by atoms with E-state index < -0.39 is 18.0 Å². The largest absolute Gasteiger partial charge is 0.480 e. The quantitative estimate of drug-likeness (QED) is 0.777. The van der Waals surface area contributed by atoms with Crippen molar-refractivity contribution in [2.24, 2.45) is 0 Å². The smallest absolute Gasteiger partial charge is 0.326 e. The van der Waals surface area contributed by atoms with E-state index in [1.165, 1.54) is 0 Å². The lowest BCUT2D eigenvalue weighted by Crippen LogP contribution is -2.42. The second kappa shape index (κ2) is 6.99. The molecule has 0 aliphatic rings. The number of benzene rings is 1. The molecule has 0 saturated heterocycles. The summed E-state index contributed by atoms with van der Waals surface area (Å²) in [5.41, 5.74) is 1.43. The van der Waals surface area contributed by atoms with Crippen LogP contribution in [0.3, 0.4) is 0 Å². The SMILES string of the molecule is CCC[C@H](NC(=O)Nc1ccc(C)cc1Cl)C(=O)O. The van der Waals surface area contributed by atoms with Crippen LogP contribution in [0.25, 0.3) is 0 Å². The molecule has 0 spiro atoms. The molecule has 0 aliphatic carbocycles. The van der Waals surface area contributed by atoms with E-state index in [4.69, 9.17) is 16.7 Å². The highest BCUT2D eigenvalue weighted by Gasteiger charge is 2.18. The highest BCUT2D eigenvalue weighted by atomic mass is 35.5. The second-order valence-corrected chi connectivity index (χ2v) is 4.67. The standard InChI is InChI=1S/C13H17ClN2O3/c1-3-4-11(12(17)18)16-13(19)15-10-6-5-8(2)7-9(10)14/h5-7,11H,3-4H2,1-2H3,(H,17,18)(H2,15,16,19)/t11-/m0/s1. The highest BCUT2D eigenvalue weighted by molar-refractivity contribution is 6.33. The highest BCUT2D eigenvalue weighted by Crippen LogP contribution is 2.22. The van der Waals surface area contributed by atoms with Gasteiger partial charge in [0.2, 0.25) is 0 Å². The summed E-state index contributed by atoms with van der Waals surface area (Å²) < 4.78 is 0. The van der Waals surface area contributed by atoms with Gasteiger partial charge in [0.05, 0.1) is 10.7 Å². The molecular formula is C13H17ClN2O3. The Bertz CT molecular complexity index is 477. The normalized spacial score (nSPS) is 11.7. The third kappa shape index (κ3) is 4.79. The molecule has 6 heteroatoms. The van der Waals surface area contributed by atoms with E-state index in [9.17, 15) is 9.59 Å². The molecule has 104 valence electrons. The maximum Gasteiger partial charge on any atom is 0.326 e. The second-order valence-electron chi connectivity index (χ2n) is 4.26. The van der Waals surface area contributed by atoms with Crippen molar-refractivity contribution in [3.05, 3.63) is 28.8 Å². The fourth-order valence-corrected chi connectivity index (χ4v) is 1.87. The van der Waals surface area contributed by atoms with Crippen molar-refractivity contribution in [1.82, 2.24) is 5.32 Å². The molecule has 1 rings (SSSR count). The van der Waals surface area contributed by atoms with Gasteiger partial charge in [-0.3, -0.25) is 0 Å². The number of anilines is 1. The zero-order chi connectivity index (χ0) is 14.4. The number of nitrogens with one attached hydrogen (secondary N) is 2. The molecule has 0 unspecified atom stereocenters. The van der Waals surface area contributed by atoms with Crippen molar-refractivity contribution in [2.75, 3.05) is 5.32 Å². The number of urea groups is 1. The summed E-state index contributed by atoms with van der Waals surface area (Å²) in [5, 5.41) is 14.3. The van der Waals surface area contributed by atoms with Crippen molar-refractivity contribution < 1.29 is 14.7 Å². The summed E-state index contributed by atoms with van der Waals surface area (Å²) in [7, 11) is 0. The summed E-state index contributed by atoms with van der Waals surface area (Å²) >= 11 is 5.98. The van der Waals surface area contributed by atoms with Crippen LogP contribution in [-0.4, -0.2) is 23.1 Å². The number of carbonyl (C=O) groups excluding carboxylic acids is 1. The molecule has 0 radical (unpaired) electrons. The lowest BCUT2D eigenvalue weighted by atomic mass is 10.2. The van der Waals surface area contributed by atoms with Crippen LogP contribution in [0.4, 0.5) is 10.5 Å². The molecule has 0 saturated carbocycles. The summed E-state index contributed by atoms with van der Waals surface area (Å²) in [6.45, 7) is 3.74. The summed E-state index contributed by atoms with van der Waals surface area (Å²) in [6, 6.07) is 3.73. The van der Waals surface area contributed by atoms with Crippen molar-refractivity contribution in [1.29, 1.82) is 0 Å². The molecule has 19 heavy (non-hydrogen) atoms. The van der Waals surface area contributed by atoms with Crippen LogP contribution < -0.4 is 10.6 Å². The maximum atomic E-state index is 11.7.